The summed E-state index contributed by atoms with van der Waals surface area (Å²) in [5.74, 6) is 0.410. The van der Waals surface area contributed by atoms with E-state index in [1.165, 1.54) is 17.0 Å². The molecule has 0 spiro atoms. The van der Waals surface area contributed by atoms with Crippen LogP contribution in [-0.2, 0) is 0 Å². The van der Waals surface area contributed by atoms with Gasteiger partial charge in [0.05, 0.1) is 7.11 Å². The molecule has 1 aromatic heterocycles. The second-order valence-corrected chi connectivity index (χ2v) is 3.87. The summed E-state index contributed by atoms with van der Waals surface area (Å²) in [6.45, 7) is 0. The number of carbonyl (C=O) groups is 1. The highest BCUT2D eigenvalue weighted by atomic mass is 16.5. The lowest BCUT2D eigenvalue weighted by Crippen LogP contribution is -2.28. The second-order valence-electron chi connectivity index (χ2n) is 3.87. The maximum absolute atomic E-state index is 12.1. The van der Waals surface area contributed by atoms with Gasteiger partial charge in [0.25, 0.3) is 11.5 Å². The van der Waals surface area contributed by atoms with Gasteiger partial charge in [-0.3, -0.25) is 9.59 Å². The summed E-state index contributed by atoms with van der Waals surface area (Å²) in [4.78, 5) is 24.5. The summed E-state index contributed by atoms with van der Waals surface area (Å²) in [5, 5.41) is 5.94. The predicted octanol–water partition coefficient (Wildman–Crippen LogP) is 1.06. The molecule has 2 aromatic rings. The van der Waals surface area contributed by atoms with E-state index in [0.717, 1.165) is 0 Å². The molecule has 2 rings (SSSR count). The number of carbonyl (C=O) groups excluding carboxylic acids is 1. The van der Waals surface area contributed by atoms with E-state index < -0.39 is 0 Å². The highest BCUT2D eigenvalue weighted by molar-refractivity contribution is 6.04. The summed E-state index contributed by atoms with van der Waals surface area (Å²) < 4.78 is 5.05. The molecule has 0 bridgehead atoms. The normalized spacial score (nSPS) is 10.0. The zero-order valence-electron chi connectivity index (χ0n) is 10.6. The molecule has 98 valence electrons. The van der Waals surface area contributed by atoms with Crippen LogP contribution in [0.1, 0.15) is 10.5 Å². The number of hydrogen-bond donors (Lipinski definition) is 1. The molecule has 1 amide bonds. The number of aromatic nitrogens is 2. The summed E-state index contributed by atoms with van der Waals surface area (Å²) in [5.41, 5.74) is 0.542. The van der Waals surface area contributed by atoms with Crippen molar-refractivity contribution in [3.8, 4) is 5.75 Å². The summed E-state index contributed by atoms with van der Waals surface area (Å²) >= 11 is 0. The summed E-state index contributed by atoms with van der Waals surface area (Å²) in [6.07, 6.45) is 0. The van der Waals surface area contributed by atoms with Crippen LogP contribution in [0.4, 0.5) is 5.69 Å². The molecule has 6 heteroatoms. The zero-order chi connectivity index (χ0) is 13.8. The molecule has 0 aliphatic carbocycles. The largest absolute Gasteiger partial charge is 0.497 e. The van der Waals surface area contributed by atoms with Gasteiger partial charge in [-0.25, -0.2) is 5.10 Å². The molecule has 0 unspecified atom stereocenters. The van der Waals surface area contributed by atoms with E-state index in [1.807, 2.05) is 0 Å². The number of rotatable bonds is 3. The smallest absolute Gasteiger partial charge is 0.278 e. The number of hydrogen-bond acceptors (Lipinski definition) is 4. The van der Waals surface area contributed by atoms with E-state index in [9.17, 15) is 9.59 Å². The number of amides is 1. The van der Waals surface area contributed by atoms with Gasteiger partial charge in [-0.2, -0.15) is 5.10 Å². The van der Waals surface area contributed by atoms with Crippen molar-refractivity contribution in [2.24, 2.45) is 0 Å². The minimum Gasteiger partial charge on any atom is -0.497 e. The molecular formula is C13H13N3O3. The van der Waals surface area contributed by atoms with Crippen LogP contribution in [0, 0.1) is 0 Å². The molecule has 0 fully saturated rings. The molecule has 0 aliphatic heterocycles. The van der Waals surface area contributed by atoms with Crippen molar-refractivity contribution in [2.45, 2.75) is 0 Å². The Morgan fingerprint density at radius 1 is 1.21 bits per heavy atom. The Hall–Kier alpha value is -2.63. The van der Waals surface area contributed by atoms with Gasteiger partial charge in [-0.15, -0.1) is 0 Å². The number of aromatic amines is 1. The predicted molar refractivity (Wildman–Crippen MR) is 70.6 cm³/mol. The van der Waals surface area contributed by atoms with Crippen LogP contribution >= 0.6 is 0 Å². The monoisotopic (exact) mass is 259 g/mol. The summed E-state index contributed by atoms with van der Waals surface area (Å²) in [6, 6.07) is 9.72. The first-order chi connectivity index (χ1) is 9.11. The highest BCUT2D eigenvalue weighted by Crippen LogP contribution is 2.19. The number of methoxy groups -OCH3 is 1. The standard InChI is InChI=1S/C13H13N3O3/c1-16(9-3-5-10(19-2)6-4-9)13(18)11-7-8-12(17)15-14-11/h3-8H,1-2H3,(H,15,17). The van der Waals surface area contributed by atoms with Gasteiger partial charge in [-0.1, -0.05) is 0 Å². The number of H-pyrrole nitrogens is 1. The third-order valence-electron chi connectivity index (χ3n) is 2.66. The molecule has 1 aromatic carbocycles. The lowest BCUT2D eigenvalue weighted by Gasteiger charge is -2.16. The van der Waals surface area contributed by atoms with Gasteiger partial charge >= 0.3 is 0 Å². The summed E-state index contributed by atoms with van der Waals surface area (Å²) in [7, 11) is 3.21. The van der Waals surface area contributed by atoms with Gasteiger partial charge in [-0.05, 0) is 30.3 Å². The van der Waals surface area contributed by atoms with Crippen molar-refractivity contribution in [2.75, 3.05) is 19.1 Å². The first-order valence-corrected chi connectivity index (χ1v) is 5.59. The number of nitrogens with one attached hydrogen (secondary N) is 1. The first kappa shape index (κ1) is 12.8. The van der Waals surface area contributed by atoms with Crippen molar-refractivity contribution in [3.63, 3.8) is 0 Å². The number of nitrogens with zero attached hydrogens (tertiary/aromatic N) is 2. The number of anilines is 1. The highest BCUT2D eigenvalue weighted by Gasteiger charge is 2.14. The van der Waals surface area contributed by atoms with E-state index >= 15 is 0 Å². The Morgan fingerprint density at radius 3 is 2.42 bits per heavy atom. The van der Waals surface area contributed by atoms with Crippen molar-refractivity contribution in [3.05, 3.63) is 52.4 Å². The fourth-order valence-corrected chi connectivity index (χ4v) is 1.56. The van der Waals surface area contributed by atoms with E-state index in [-0.39, 0.29) is 17.2 Å². The molecule has 0 atom stereocenters. The van der Waals surface area contributed by atoms with Crippen LogP contribution in [0.5, 0.6) is 5.75 Å². The van der Waals surface area contributed by atoms with Crippen LogP contribution in [0.3, 0.4) is 0 Å². The third-order valence-corrected chi connectivity index (χ3v) is 2.66. The van der Waals surface area contributed by atoms with Crippen LogP contribution in [0.2, 0.25) is 0 Å². The van der Waals surface area contributed by atoms with E-state index in [4.69, 9.17) is 4.74 Å². The Bertz CT molecular complexity index is 614. The van der Waals surface area contributed by atoms with E-state index in [1.54, 1.807) is 38.4 Å². The average molecular weight is 259 g/mol. The van der Waals surface area contributed by atoms with Crippen LogP contribution in [0.15, 0.2) is 41.2 Å². The maximum Gasteiger partial charge on any atom is 0.278 e. The molecular weight excluding hydrogens is 246 g/mol. The maximum atomic E-state index is 12.1. The van der Waals surface area contributed by atoms with Crippen molar-refractivity contribution in [1.82, 2.24) is 10.2 Å². The zero-order valence-corrected chi connectivity index (χ0v) is 10.6. The fourth-order valence-electron chi connectivity index (χ4n) is 1.56. The van der Waals surface area contributed by atoms with Crippen LogP contribution < -0.4 is 15.2 Å². The average Bonchev–Trinajstić information content (AvgIpc) is 2.46. The Kier molecular flexibility index (Phi) is 3.61. The molecule has 1 heterocycles. The molecule has 0 saturated heterocycles. The van der Waals surface area contributed by atoms with Crippen molar-refractivity contribution in [1.29, 1.82) is 0 Å². The molecule has 19 heavy (non-hydrogen) atoms. The van der Waals surface area contributed by atoms with Gasteiger partial charge in [0.1, 0.15) is 11.4 Å². The van der Waals surface area contributed by atoms with E-state index in [2.05, 4.69) is 10.2 Å². The van der Waals surface area contributed by atoms with Crippen LogP contribution in [0.25, 0.3) is 0 Å². The molecule has 1 N–H and O–H groups in total. The van der Waals surface area contributed by atoms with E-state index in [0.29, 0.717) is 11.4 Å². The lowest BCUT2D eigenvalue weighted by atomic mass is 10.2. The van der Waals surface area contributed by atoms with Crippen molar-refractivity contribution >= 4 is 11.6 Å². The minimum atomic E-state index is -0.344. The fraction of sp³-hybridized carbons (Fsp3) is 0.154. The molecule has 0 aliphatic rings. The molecule has 0 saturated carbocycles. The third kappa shape index (κ3) is 2.79. The molecule has 0 radical (unpaired) electrons. The Morgan fingerprint density at radius 2 is 1.89 bits per heavy atom. The quantitative estimate of drug-likeness (QED) is 0.894. The first-order valence-electron chi connectivity index (χ1n) is 5.59. The van der Waals surface area contributed by atoms with Gasteiger partial charge in [0.15, 0.2) is 0 Å². The van der Waals surface area contributed by atoms with Gasteiger partial charge in [0.2, 0.25) is 0 Å². The number of ether oxygens (including phenoxy) is 1. The molecule has 6 nitrogen and oxygen atoms in total. The van der Waals surface area contributed by atoms with Gasteiger partial charge < -0.3 is 9.64 Å². The minimum absolute atomic E-state index is 0.179. The second kappa shape index (κ2) is 5.34. The topological polar surface area (TPSA) is 75.3 Å². The Balaban J connectivity index is 2.22. The van der Waals surface area contributed by atoms with Crippen LogP contribution in [-0.4, -0.2) is 30.3 Å². The SMILES string of the molecule is COc1ccc(N(C)C(=O)c2ccc(=O)[nH]n2)cc1. The lowest BCUT2D eigenvalue weighted by molar-refractivity contribution is 0.0987. The van der Waals surface area contributed by atoms with Crippen molar-refractivity contribution < 1.29 is 9.53 Å². The Labute approximate surface area is 109 Å². The number of benzene rings is 1. The van der Waals surface area contributed by atoms with Gasteiger partial charge in [0, 0.05) is 18.8 Å².